The predicted octanol–water partition coefficient (Wildman–Crippen LogP) is 3.01. The predicted molar refractivity (Wildman–Crippen MR) is 119 cm³/mol. The molecular weight excluding hydrogens is 370 g/mol. The van der Waals surface area contributed by atoms with Crippen LogP contribution in [0.5, 0.6) is 0 Å². The summed E-state index contributed by atoms with van der Waals surface area (Å²) >= 11 is 0. The second-order valence-electron chi connectivity index (χ2n) is 8.49. The molecule has 0 aromatic heterocycles. The zero-order valence-corrected chi connectivity index (χ0v) is 19.7. The van der Waals surface area contributed by atoms with Gasteiger partial charge in [0.2, 0.25) is 12.3 Å². The number of aliphatic carboxylic acids is 1. The summed E-state index contributed by atoms with van der Waals surface area (Å²) in [6.45, 7) is 14.3. The molecule has 2 amide bonds. The maximum Gasteiger partial charge on any atom is 0.331 e. The van der Waals surface area contributed by atoms with Gasteiger partial charge >= 0.3 is 5.97 Å². The number of nitrogens with zero attached hydrogens (tertiary/aromatic N) is 2. The highest BCUT2D eigenvalue weighted by molar-refractivity contribution is 5.86. The number of carbonyl (C=O) groups excluding carboxylic acids is 2. The Balaban J connectivity index is 0. The summed E-state index contributed by atoms with van der Waals surface area (Å²) in [5.41, 5.74) is 0.191. The lowest BCUT2D eigenvalue weighted by atomic mass is 10.00. The van der Waals surface area contributed by atoms with Gasteiger partial charge in [0, 0.05) is 12.6 Å². The van der Waals surface area contributed by atoms with Crippen molar-refractivity contribution < 1.29 is 19.5 Å². The van der Waals surface area contributed by atoms with Gasteiger partial charge in [-0.05, 0) is 51.7 Å². The van der Waals surface area contributed by atoms with E-state index in [0.29, 0.717) is 6.41 Å². The van der Waals surface area contributed by atoms with Crippen LogP contribution in [0.15, 0.2) is 11.6 Å². The average molecular weight is 414 g/mol. The van der Waals surface area contributed by atoms with Crippen molar-refractivity contribution in [2.75, 3.05) is 33.7 Å². The van der Waals surface area contributed by atoms with Crippen LogP contribution in [-0.2, 0) is 14.4 Å². The fraction of sp³-hybridized carbons (Fsp3) is 0.773. The maximum absolute atomic E-state index is 11.7. The summed E-state index contributed by atoms with van der Waals surface area (Å²) in [5.74, 6) is -0.368. The number of rotatable bonds is 7. The molecule has 2 N–H and O–H groups in total. The largest absolute Gasteiger partial charge is 0.478 e. The summed E-state index contributed by atoms with van der Waals surface area (Å²) < 4.78 is 0. The molecular formula is C22H43N3O4. The second-order valence-corrected chi connectivity index (χ2v) is 8.49. The zero-order chi connectivity index (χ0) is 23.0. The van der Waals surface area contributed by atoms with Gasteiger partial charge < -0.3 is 20.2 Å². The number of amides is 2. The summed E-state index contributed by atoms with van der Waals surface area (Å²) in [5, 5.41) is 11.1. The van der Waals surface area contributed by atoms with E-state index in [2.05, 4.69) is 38.0 Å². The summed E-state index contributed by atoms with van der Waals surface area (Å²) in [4.78, 5) is 36.5. The molecule has 170 valence electrons. The van der Waals surface area contributed by atoms with Crippen LogP contribution in [0.1, 0.15) is 60.8 Å². The van der Waals surface area contributed by atoms with Crippen LogP contribution in [0, 0.1) is 11.8 Å². The normalized spacial score (nSPS) is 15.4. The van der Waals surface area contributed by atoms with Gasteiger partial charge in [-0.2, -0.15) is 0 Å². The van der Waals surface area contributed by atoms with Gasteiger partial charge in [0.15, 0.2) is 0 Å². The molecule has 0 radical (unpaired) electrons. The van der Waals surface area contributed by atoms with Gasteiger partial charge in [-0.15, -0.1) is 0 Å². The maximum atomic E-state index is 11.7. The Morgan fingerprint density at radius 1 is 1.10 bits per heavy atom. The first kappa shape index (κ1) is 29.3. The number of hydrogen-bond donors (Lipinski definition) is 2. The Bertz CT molecular complexity index is 496. The van der Waals surface area contributed by atoms with Gasteiger partial charge in [0.1, 0.15) is 0 Å². The van der Waals surface area contributed by atoms with Gasteiger partial charge in [-0.25, -0.2) is 4.79 Å². The van der Waals surface area contributed by atoms with Crippen LogP contribution in [-0.4, -0.2) is 73.0 Å². The van der Waals surface area contributed by atoms with Crippen LogP contribution in [0.3, 0.4) is 0 Å². The van der Waals surface area contributed by atoms with Gasteiger partial charge in [-0.1, -0.05) is 47.1 Å². The molecule has 1 aliphatic heterocycles. The summed E-state index contributed by atoms with van der Waals surface area (Å²) in [7, 11) is 3.78. The molecule has 0 bridgehead atoms. The van der Waals surface area contributed by atoms with Crippen molar-refractivity contribution in [2.24, 2.45) is 11.8 Å². The van der Waals surface area contributed by atoms with Crippen molar-refractivity contribution in [1.29, 1.82) is 0 Å². The van der Waals surface area contributed by atoms with Crippen molar-refractivity contribution >= 4 is 18.3 Å². The molecule has 1 aliphatic rings. The highest BCUT2D eigenvalue weighted by Crippen LogP contribution is 2.13. The molecule has 1 atom stereocenters. The Labute approximate surface area is 177 Å². The number of nitrogens with one attached hydrogen (secondary N) is 1. The molecule has 0 saturated carbocycles. The Morgan fingerprint density at radius 3 is 1.90 bits per heavy atom. The standard InChI is InChI=1S/C12H20N2O4.C6H13N.C4H10/c1-8(2)10(5-9(3)12(17)18)14(4)11(16)6-13-7-15;1-7-5-3-2-4-6-7;1-4(2)3/h5,7-8,10H,6H2,1-4H3,(H,13,15)(H,17,18);2-6H2,1H3;4H,1-3H3/b9-5+;;/t10-;;/m1../s1. The van der Waals surface area contributed by atoms with E-state index in [0.717, 1.165) is 5.92 Å². The Morgan fingerprint density at radius 2 is 1.59 bits per heavy atom. The van der Waals surface area contributed by atoms with E-state index in [1.165, 1.54) is 44.2 Å². The minimum absolute atomic E-state index is 0.0736. The van der Waals surface area contributed by atoms with Crippen LogP contribution in [0.25, 0.3) is 0 Å². The van der Waals surface area contributed by atoms with E-state index in [1.54, 1.807) is 13.1 Å². The lowest BCUT2D eigenvalue weighted by Gasteiger charge is -2.29. The first-order chi connectivity index (χ1) is 13.4. The molecule has 0 aliphatic carbocycles. The monoisotopic (exact) mass is 413 g/mol. The molecule has 0 spiro atoms. The Hall–Kier alpha value is -1.89. The third-order valence-corrected chi connectivity index (χ3v) is 4.20. The van der Waals surface area contributed by atoms with Gasteiger partial charge in [0.05, 0.1) is 12.6 Å². The van der Waals surface area contributed by atoms with Gasteiger partial charge in [0.25, 0.3) is 0 Å². The van der Waals surface area contributed by atoms with Crippen LogP contribution in [0.4, 0.5) is 0 Å². The summed E-state index contributed by atoms with van der Waals surface area (Å²) in [6, 6.07) is -0.318. The first-order valence-electron chi connectivity index (χ1n) is 10.5. The number of carbonyl (C=O) groups is 3. The quantitative estimate of drug-likeness (QED) is 0.495. The van der Waals surface area contributed by atoms with Crippen molar-refractivity contribution in [2.45, 2.75) is 66.8 Å². The van der Waals surface area contributed by atoms with E-state index in [1.807, 2.05) is 13.8 Å². The smallest absolute Gasteiger partial charge is 0.331 e. The number of carboxylic acids is 1. The van der Waals surface area contributed by atoms with Crippen LogP contribution < -0.4 is 5.32 Å². The molecule has 0 unspecified atom stereocenters. The number of likely N-dealkylation sites (N-methyl/N-ethyl adjacent to an activating group) is 1. The molecule has 1 fully saturated rings. The minimum Gasteiger partial charge on any atom is -0.478 e. The van der Waals surface area contributed by atoms with E-state index in [-0.39, 0.29) is 30.0 Å². The van der Waals surface area contributed by atoms with Crippen LogP contribution in [0.2, 0.25) is 0 Å². The van der Waals surface area contributed by atoms with E-state index < -0.39 is 5.97 Å². The third-order valence-electron chi connectivity index (χ3n) is 4.20. The fourth-order valence-corrected chi connectivity index (χ4v) is 2.55. The number of carboxylic acid groups (broad SMARTS) is 1. The third kappa shape index (κ3) is 16.7. The molecule has 1 saturated heterocycles. The molecule has 0 aromatic carbocycles. The fourth-order valence-electron chi connectivity index (χ4n) is 2.55. The number of piperidine rings is 1. The topological polar surface area (TPSA) is 90.0 Å². The van der Waals surface area contributed by atoms with Crippen molar-refractivity contribution in [3.8, 4) is 0 Å². The SMILES string of the molecule is C/C(=C\[C@H](C(C)C)N(C)C(=O)CNC=O)C(=O)O.CC(C)C.CN1CCCCC1. The lowest BCUT2D eigenvalue weighted by Crippen LogP contribution is -2.43. The van der Waals surface area contributed by atoms with Gasteiger partial charge in [-0.3, -0.25) is 9.59 Å². The zero-order valence-electron chi connectivity index (χ0n) is 19.7. The Kier molecular flexibility index (Phi) is 17.2. The van der Waals surface area contributed by atoms with Crippen molar-refractivity contribution in [3.63, 3.8) is 0 Å². The molecule has 1 rings (SSSR count). The first-order valence-corrected chi connectivity index (χ1v) is 10.5. The lowest BCUT2D eigenvalue weighted by molar-refractivity contribution is -0.133. The van der Waals surface area contributed by atoms with Crippen molar-refractivity contribution in [3.05, 3.63) is 11.6 Å². The second kappa shape index (κ2) is 17.0. The number of likely N-dealkylation sites (tertiary alicyclic amines) is 1. The molecule has 0 aromatic rings. The molecule has 7 heteroatoms. The highest BCUT2D eigenvalue weighted by Gasteiger charge is 2.21. The molecule has 7 nitrogen and oxygen atoms in total. The van der Waals surface area contributed by atoms with E-state index in [4.69, 9.17) is 5.11 Å². The van der Waals surface area contributed by atoms with Crippen LogP contribution >= 0.6 is 0 Å². The molecule has 29 heavy (non-hydrogen) atoms. The van der Waals surface area contributed by atoms with E-state index >= 15 is 0 Å². The number of hydrogen-bond acceptors (Lipinski definition) is 4. The highest BCUT2D eigenvalue weighted by atomic mass is 16.4. The average Bonchev–Trinajstić information content (AvgIpc) is 2.63. The van der Waals surface area contributed by atoms with E-state index in [9.17, 15) is 14.4 Å². The summed E-state index contributed by atoms with van der Waals surface area (Å²) in [6.07, 6.45) is 6.28. The minimum atomic E-state index is -1.01. The molecule has 1 heterocycles. The van der Waals surface area contributed by atoms with Crippen molar-refractivity contribution in [1.82, 2.24) is 15.1 Å².